The van der Waals surface area contributed by atoms with Crippen molar-refractivity contribution in [3.63, 3.8) is 0 Å². The standard InChI is InChI=1S/C22H23N5O4S/c1-14-23-20(25-31-14)13-32-19-7-5-4-6-16(19)21(28)24-15-8-9-18-17(12-15)27(22(29)30-18)11-10-26(2)3/h4-9,12H,10-11,13H2,1-3H3,(H,24,28). The number of fused-ring (bicyclic) bond motifs is 1. The molecule has 0 aliphatic heterocycles. The van der Waals surface area contributed by atoms with Gasteiger partial charge in [0.1, 0.15) is 0 Å². The van der Waals surface area contributed by atoms with Crippen LogP contribution in [0.5, 0.6) is 0 Å². The summed E-state index contributed by atoms with van der Waals surface area (Å²) < 4.78 is 11.9. The summed E-state index contributed by atoms with van der Waals surface area (Å²) in [6, 6.07) is 12.5. The number of likely N-dealkylation sites (N-methyl/N-ethyl adjacent to an activating group) is 1. The molecule has 2 aromatic carbocycles. The second kappa shape index (κ2) is 9.41. The van der Waals surface area contributed by atoms with Gasteiger partial charge in [0.15, 0.2) is 11.4 Å². The highest BCUT2D eigenvalue weighted by molar-refractivity contribution is 7.98. The van der Waals surface area contributed by atoms with Crippen molar-refractivity contribution in [2.75, 3.05) is 26.0 Å². The minimum Gasteiger partial charge on any atom is -0.408 e. The SMILES string of the molecule is Cc1nc(CSc2ccccc2C(=O)Nc2ccc3oc(=O)n(CCN(C)C)c3c2)no1. The molecule has 9 nitrogen and oxygen atoms in total. The second-order valence-corrected chi connectivity index (χ2v) is 8.49. The zero-order chi connectivity index (χ0) is 22.7. The van der Waals surface area contributed by atoms with Crippen molar-refractivity contribution in [1.29, 1.82) is 0 Å². The van der Waals surface area contributed by atoms with Crippen LogP contribution in [0.1, 0.15) is 22.1 Å². The van der Waals surface area contributed by atoms with E-state index in [4.69, 9.17) is 8.94 Å². The lowest BCUT2D eigenvalue weighted by Gasteiger charge is -2.11. The minimum absolute atomic E-state index is 0.248. The number of amides is 1. The molecule has 0 unspecified atom stereocenters. The van der Waals surface area contributed by atoms with Gasteiger partial charge in [0.25, 0.3) is 5.91 Å². The quantitative estimate of drug-likeness (QED) is 0.405. The Labute approximate surface area is 188 Å². The highest BCUT2D eigenvalue weighted by atomic mass is 32.2. The largest absolute Gasteiger partial charge is 0.419 e. The Hall–Kier alpha value is -3.37. The molecule has 4 aromatic rings. The van der Waals surface area contributed by atoms with Crippen molar-refractivity contribution < 1.29 is 13.7 Å². The summed E-state index contributed by atoms with van der Waals surface area (Å²) in [4.78, 5) is 32.2. The fraction of sp³-hybridized carbons (Fsp3) is 0.273. The molecule has 0 aliphatic carbocycles. The van der Waals surface area contributed by atoms with Gasteiger partial charge in [-0.2, -0.15) is 4.98 Å². The molecule has 0 fully saturated rings. The summed E-state index contributed by atoms with van der Waals surface area (Å²) in [6.45, 7) is 2.92. The third-order valence-electron chi connectivity index (χ3n) is 4.75. The average molecular weight is 454 g/mol. The number of nitrogens with zero attached hydrogens (tertiary/aromatic N) is 4. The summed E-state index contributed by atoms with van der Waals surface area (Å²) in [5, 5.41) is 6.82. The van der Waals surface area contributed by atoms with Crippen molar-refractivity contribution in [1.82, 2.24) is 19.6 Å². The molecule has 10 heteroatoms. The number of carbonyl (C=O) groups is 1. The van der Waals surface area contributed by atoms with Gasteiger partial charge >= 0.3 is 5.76 Å². The molecule has 2 heterocycles. The van der Waals surface area contributed by atoms with Crippen LogP contribution in [0.25, 0.3) is 11.1 Å². The van der Waals surface area contributed by atoms with Gasteiger partial charge in [0.2, 0.25) is 5.89 Å². The second-order valence-electron chi connectivity index (χ2n) is 7.47. The third-order valence-corrected chi connectivity index (χ3v) is 5.82. The van der Waals surface area contributed by atoms with Crippen molar-refractivity contribution in [2.24, 2.45) is 0 Å². The molecule has 2 aromatic heterocycles. The number of benzene rings is 2. The van der Waals surface area contributed by atoms with Crippen molar-refractivity contribution >= 4 is 34.5 Å². The predicted molar refractivity (Wildman–Crippen MR) is 122 cm³/mol. The Kier molecular flexibility index (Phi) is 6.42. The molecular formula is C22H23N5O4S. The maximum atomic E-state index is 13.0. The summed E-state index contributed by atoms with van der Waals surface area (Å²) in [5.41, 5.74) is 2.24. The van der Waals surface area contributed by atoms with Crippen molar-refractivity contribution in [2.45, 2.75) is 24.1 Å². The number of hydrogen-bond donors (Lipinski definition) is 1. The zero-order valence-corrected chi connectivity index (χ0v) is 18.8. The maximum Gasteiger partial charge on any atom is 0.419 e. The van der Waals surface area contributed by atoms with Crippen LogP contribution in [0.3, 0.4) is 0 Å². The molecule has 0 aliphatic rings. The van der Waals surface area contributed by atoms with E-state index in [1.54, 1.807) is 35.8 Å². The van der Waals surface area contributed by atoms with E-state index in [0.717, 1.165) is 4.90 Å². The maximum absolute atomic E-state index is 13.0. The van der Waals surface area contributed by atoms with Gasteiger partial charge < -0.3 is 19.2 Å². The van der Waals surface area contributed by atoms with Crippen LogP contribution in [0.2, 0.25) is 0 Å². The topological polar surface area (TPSA) is 106 Å². The Morgan fingerprint density at radius 3 is 2.78 bits per heavy atom. The van der Waals surface area contributed by atoms with Crippen LogP contribution >= 0.6 is 11.8 Å². The normalized spacial score (nSPS) is 11.4. The number of nitrogens with one attached hydrogen (secondary N) is 1. The van der Waals surface area contributed by atoms with E-state index >= 15 is 0 Å². The first-order chi connectivity index (χ1) is 15.4. The van der Waals surface area contributed by atoms with E-state index < -0.39 is 5.76 Å². The Bertz CT molecular complexity index is 1310. The first-order valence-corrected chi connectivity index (χ1v) is 11.0. The van der Waals surface area contributed by atoms with Gasteiger partial charge in [-0.3, -0.25) is 9.36 Å². The highest BCUT2D eigenvalue weighted by Gasteiger charge is 2.15. The molecule has 0 atom stereocenters. The van der Waals surface area contributed by atoms with Crippen molar-refractivity contribution in [3.05, 3.63) is 70.3 Å². The van der Waals surface area contributed by atoms with Gasteiger partial charge in [-0.05, 0) is 44.4 Å². The first kappa shape index (κ1) is 21.8. The number of hydrogen-bond acceptors (Lipinski definition) is 8. The Morgan fingerprint density at radius 2 is 2.03 bits per heavy atom. The summed E-state index contributed by atoms with van der Waals surface area (Å²) in [7, 11) is 3.88. The molecule has 0 saturated carbocycles. The molecule has 0 bridgehead atoms. The van der Waals surface area contributed by atoms with Gasteiger partial charge in [-0.25, -0.2) is 4.79 Å². The monoisotopic (exact) mass is 453 g/mol. The molecule has 0 radical (unpaired) electrons. The lowest BCUT2D eigenvalue weighted by atomic mass is 10.2. The molecule has 0 saturated heterocycles. The molecule has 1 N–H and O–H groups in total. The van der Waals surface area contributed by atoms with Crippen LogP contribution in [0, 0.1) is 6.92 Å². The molecule has 166 valence electrons. The number of thioether (sulfide) groups is 1. The van der Waals surface area contributed by atoms with E-state index in [1.807, 2.05) is 37.2 Å². The average Bonchev–Trinajstić information content (AvgIpc) is 3.32. The number of anilines is 1. The summed E-state index contributed by atoms with van der Waals surface area (Å²) in [5.74, 6) is 0.904. The third kappa shape index (κ3) is 4.92. The number of oxazole rings is 1. The van der Waals surface area contributed by atoms with Crippen LogP contribution < -0.4 is 11.1 Å². The van der Waals surface area contributed by atoms with Gasteiger partial charge in [0, 0.05) is 30.6 Å². The fourth-order valence-corrected chi connectivity index (χ4v) is 4.07. The smallest absolute Gasteiger partial charge is 0.408 e. The predicted octanol–water partition coefficient (Wildman–Crippen LogP) is 3.39. The van der Waals surface area contributed by atoms with Crippen LogP contribution in [0.15, 0.2) is 61.1 Å². The van der Waals surface area contributed by atoms with E-state index in [-0.39, 0.29) is 5.91 Å². The van der Waals surface area contributed by atoms with Gasteiger partial charge in [-0.1, -0.05) is 17.3 Å². The lowest BCUT2D eigenvalue weighted by molar-refractivity contribution is 0.102. The van der Waals surface area contributed by atoms with Crippen LogP contribution in [0.4, 0.5) is 5.69 Å². The summed E-state index contributed by atoms with van der Waals surface area (Å²) >= 11 is 1.46. The Balaban J connectivity index is 1.53. The zero-order valence-electron chi connectivity index (χ0n) is 18.0. The first-order valence-electron chi connectivity index (χ1n) is 10.0. The van der Waals surface area contributed by atoms with E-state index in [1.165, 1.54) is 11.8 Å². The van der Waals surface area contributed by atoms with E-state index in [9.17, 15) is 9.59 Å². The fourth-order valence-electron chi connectivity index (χ4n) is 3.17. The Morgan fingerprint density at radius 1 is 1.22 bits per heavy atom. The summed E-state index contributed by atoms with van der Waals surface area (Å²) in [6.07, 6.45) is 0. The lowest BCUT2D eigenvalue weighted by Crippen LogP contribution is -2.23. The highest BCUT2D eigenvalue weighted by Crippen LogP contribution is 2.27. The van der Waals surface area contributed by atoms with Crippen LogP contribution in [-0.4, -0.2) is 46.2 Å². The minimum atomic E-state index is -0.413. The molecular weight excluding hydrogens is 430 g/mol. The van der Waals surface area contributed by atoms with Gasteiger partial charge in [0.05, 0.1) is 16.8 Å². The number of aromatic nitrogens is 3. The number of rotatable bonds is 8. The molecule has 32 heavy (non-hydrogen) atoms. The molecule has 1 amide bonds. The number of carbonyl (C=O) groups excluding carboxylic acids is 1. The molecule has 0 spiro atoms. The molecule has 4 rings (SSSR count). The van der Waals surface area contributed by atoms with Crippen molar-refractivity contribution in [3.8, 4) is 0 Å². The van der Waals surface area contributed by atoms with Crippen LogP contribution in [-0.2, 0) is 12.3 Å². The van der Waals surface area contributed by atoms with E-state index in [2.05, 4.69) is 15.5 Å². The number of aryl methyl sites for hydroxylation is 1. The van der Waals surface area contributed by atoms with E-state index in [0.29, 0.717) is 52.9 Å². The van der Waals surface area contributed by atoms with Gasteiger partial charge in [-0.15, -0.1) is 11.8 Å².